The van der Waals surface area contributed by atoms with Crippen LogP contribution >= 0.6 is 0 Å². The Morgan fingerprint density at radius 2 is 2.09 bits per heavy atom. The lowest BCUT2D eigenvalue weighted by Crippen LogP contribution is -2.51. The van der Waals surface area contributed by atoms with Crippen LogP contribution in [0.25, 0.3) is 0 Å². The van der Waals surface area contributed by atoms with Gasteiger partial charge in [-0.1, -0.05) is 6.07 Å². The Labute approximate surface area is 126 Å². The molecule has 22 heavy (non-hydrogen) atoms. The third-order valence-corrected chi connectivity index (χ3v) is 3.40. The van der Waals surface area contributed by atoms with E-state index in [0.717, 1.165) is 0 Å². The molecule has 1 aromatic rings. The standard InChI is InChI=1S/C14H16N2O6/c1-8-3-4-11(16(20)21)10(5-8)13(17)15-6-9(2)22-12(7-15)14(18)19/h3-5,9,12H,6-7H2,1-2H3,(H,18,19)/t9-,12?/m1/s1. The van der Waals surface area contributed by atoms with E-state index >= 15 is 0 Å². The summed E-state index contributed by atoms with van der Waals surface area (Å²) in [6, 6.07) is 4.27. The van der Waals surface area contributed by atoms with Gasteiger partial charge in [-0.15, -0.1) is 0 Å². The minimum absolute atomic E-state index is 0.0387. The number of nitro groups is 1. The first-order chi connectivity index (χ1) is 10.3. The maximum atomic E-state index is 12.6. The van der Waals surface area contributed by atoms with Crippen molar-refractivity contribution in [3.05, 3.63) is 39.4 Å². The van der Waals surface area contributed by atoms with Crippen molar-refractivity contribution < 1.29 is 24.4 Å². The van der Waals surface area contributed by atoms with Gasteiger partial charge in [-0.05, 0) is 25.5 Å². The van der Waals surface area contributed by atoms with E-state index in [1.165, 1.54) is 17.0 Å². The molecule has 8 heteroatoms. The lowest BCUT2D eigenvalue weighted by atomic mass is 10.1. The molecule has 1 unspecified atom stereocenters. The highest BCUT2D eigenvalue weighted by Gasteiger charge is 2.35. The summed E-state index contributed by atoms with van der Waals surface area (Å²) in [6.45, 7) is 3.43. The molecule has 1 amide bonds. The van der Waals surface area contributed by atoms with Gasteiger partial charge in [0.15, 0.2) is 6.10 Å². The number of rotatable bonds is 3. The minimum atomic E-state index is -1.16. The summed E-state index contributed by atoms with van der Waals surface area (Å²) in [6.07, 6.45) is -1.58. The molecule has 1 aliphatic heterocycles. The summed E-state index contributed by atoms with van der Waals surface area (Å²) in [4.78, 5) is 35.4. The van der Waals surface area contributed by atoms with E-state index in [4.69, 9.17) is 9.84 Å². The van der Waals surface area contributed by atoms with Gasteiger partial charge in [0.05, 0.1) is 17.6 Å². The summed E-state index contributed by atoms with van der Waals surface area (Å²) >= 11 is 0. The van der Waals surface area contributed by atoms with Crippen molar-refractivity contribution >= 4 is 17.6 Å². The van der Waals surface area contributed by atoms with E-state index in [1.54, 1.807) is 19.9 Å². The summed E-state index contributed by atoms with van der Waals surface area (Å²) in [5, 5.41) is 20.1. The Morgan fingerprint density at radius 3 is 2.68 bits per heavy atom. The van der Waals surface area contributed by atoms with E-state index in [1.807, 2.05) is 0 Å². The molecule has 1 saturated heterocycles. The molecule has 2 atom stereocenters. The number of morpholine rings is 1. The van der Waals surface area contributed by atoms with Gasteiger partial charge in [0.25, 0.3) is 11.6 Å². The SMILES string of the molecule is Cc1ccc([N+](=O)[O-])c(C(=O)N2CC(C(=O)O)O[C@H](C)C2)c1. The first-order valence-corrected chi connectivity index (χ1v) is 6.72. The van der Waals surface area contributed by atoms with Gasteiger partial charge >= 0.3 is 5.97 Å². The van der Waals surface area contributed by atoms with E-state index in [-0.39, 0.29) is 24.3 Å². The monoisotopic (exact) mass is 308 g/mol. The van der Waals surface area contributed by atoms with Crippen molar-refractivity contribution in [2.24, 2.45) is 0 Å². The molecule has 2 rings (SSSR count). The van der Waals surface area contributed by atoms with E-state index in [9.17, 15) is 19.7 Å². The quantitative estimate of drug-likeness (QED) is 0.664. The molecular formula is C14H16N2O6. The van der Waals surface area contributed by atoms with Gasteiger partial charge in [-0.25, -0.2) is 4.79 Å². The van der Waals surface area contributed by atoms with Crippen molar-refractivity contribution in [2.45, 2.75) is 26.1 Å². The predicted octanol–water partition coefficient (Wildman–Crippen LogP) is 1.22. The number of carboxylic acid groups (broad SMARTS) is 1. The van der Waals surface area contributed by atoms with E-state index in [2.05, 4.69) is 0 Å². The first-order valence-electron chi connectivity index (χ1n) is 6.72. The minimum Gasteiger partial charge on any atom is -0.479 e. The van der Waals surface area contributed by atoms with E-state index in [0.29, 0.717) is 5.56 Å². The van der Waals surface area contributed by atoms with Crippen LogP contribution in [-0.2, 0) is 9.53 Å². The largest absolute Gasteiger partial charge is 0.479 e. The maximum Gasteiger partial charge on any atom is 0.334 e. The molecule has 1 heterocycles. The van der Waals surface area contributed by atoms with Crippen molar-refractivity contribution in [1.82, 2.24) is 4.90 Å². The van der Waals surface area contributed by atoms with Gasteiger partial charge in [0.1, 0.15) is 5.56 Å². The fourth-order valence-corrected chi connectivity index (χ4v) is 2.40. The Bertz CT molecular complexity index is 630. The fraction of sp³-hybridized carbons (Fsp3) is 0.429. The highest BCUT2D eigenvalue weighted by molar-refractivity contribution is 5.98. The number of aryl methyl sites for hydroxylation is 1. The van der Waals surface area contributed by atoms with E-state index < -0.39 is 29.0 Å². The lowest BCUT2D eigenvalue weighted by molar-refractivity contribution is -0.385. The molecule has 1 fully saturated rings. The summed E-state index contributed by atoms with van der Waals surface area (Å²) in [5.41, 5.74) is 0.384. The summed E-state index contributed by atoms with van der Waals surface area (Å²) in [7, 11) is 0. The zero-order valence-corrected chi connectivity index (χ0v) is 12.2. The number of carboxylic acids is 1. The highest BCUT2D eigenvalue weighted by Crippen LogP contribution is 2.23. The van der Waals surface area contributed by atoms with Crippen LogP contribution in [-0.4, -0.2) is 52.1 Å². The second kappa shape index (κ2) is 6.10. The van der Waals surface area contributed by atoms with Crippen LogP contribution in [0.5, 0.6) is 0 Å². The van der Waals surface area contributed by atoms with Crippen LogP contribution in [0, 0.1) is 17.0 Å². The normalized spacial score (nSPS) is 21.5. The molecular weight excluding hydrogens is 292 g/mol. The molecule has 1 N–H and O–H groups in total. The number of aliphatic carboxylic acids is 1. The third-order valence-electron chi connectivity index (χ3n) is 3.40. The fourth-order valence-electron chi connectivity index (χ4n) is 2.40. The average Bonchev–Trinajstić information content (AvgIpc) is 2.45. The number of hydrogen-bond acceptors (Lipinski definition) is 5. The van der Waals surface area contributed by atoms with Crippen molar-refractivity contribution in [3.63, 3.8) is 0 Å². The first kappa shape index (κ1) is 15.9. The van der Waals surface area contributed by atoms with Gasteiger partial charge in [-0.3, -0.25) is 14.9 Å². The van der Waals surface area contributed by atoms with Gasteiger partial charge in [0, 0.05) is 12.6 Å². The molecule has 0 radical (unpaired) electrons. The van der Waals surface area contributed by atoms with Gasteiger partial charge in [0.2, 0.25) is 0 Å². The van der Waals surface area contributed by atoms with Crippen molar-refractivity contribution in [2.75, 3.05) is 13.1 Å². The smallest absolute Gasteiger partial charge is 0.334 e. The molecule has 0 saturated carbocycles. The molecule has 0 aromatic heterocycles. The number of carbonyl (C=O) groups excluding carboxylic acids is 1. The van der Waals surface area contributed by atoms with Crippen LogP contribution in [0.4, 0.5) is 5.69 Å². The predicted molar refractivity (Wildman–Crippen MR) is 75.7 cm³/mol. The number of ether oxygens (including phenoxy) is 1. The lowest BCUT2D eigenvalue weighted by Gasteiger charge is -2.34. The average molecular weight is 308 g/mol. The Balaban J connectivity index is 2.33. The number of hydrogen-bond donors (Lipinski definition) is 1. The summed E-state index contributed by atoms with van der Waals surface area (Å²) in [5.74, 6) is -1.72. The second-order valence-corrected chi connectivity index (χ2v) is 5.26. The number of nitrogens with zero attached hydrogens (tertiary/aromatic N) is 2. The number of carbonyl (C=O) groups is 2. The van der Waals surface area contributed by atoms with Gasteiger partial charge < -0.3 is 14.7 Å². The van der Waals surface area contributed by atoms with Crippen molar-refractivity contribution in [3.8, 4) is 0 Å². The van der Waals surface area contributed by atoms with Crippen LogP contribution in [0.3, 0.4) is 0 Å². The number of nitro benzene ring substituents is 1. The molecule has 0 aliphatic carbocycles. The molecule has 1 aliphatic rings. The Hall–Kier alpha value is -2.48. The topological polar surface area (TPSA) is 110 Å². The van der Waals surface area contributed by atoms with Crippen LogP contribution < -0.4 is 0 Å². The summed E-state index contributed by atoms with van der Waals surface area (Å²) < 4.78 is 5.24. The zero-order valence-electron chi connectivity index (χ0n) is 12.2. The van der Waals surface area contributed by atoms with Crippen molar-refractivity contribution in [1.29, 1.82) is 0 Å². The molecule has 0 bridgehead atoms. The Morgan fingerprint density at radius 1 is 1.41 bits per heavy atom. The molecule has 1 aromatic carbocycles. The molecule has 8 nitrogen and oxygen atoms in total. The number of benzene rings is 1. The van der Waals surface area contributed by atoms with Crippen LogP contribution in [0.15, 0.2) is 18.2 Å². The molecule has 0 spiro atoms. The second-order valence-electron chi connectivity index (χ2n) is 5.26. The van der Waals surface area contributed by atoms with Gasteiger partial charge in [-0.2, -0.15) is 0 Å². The molecule has 118 valence electrons. The zero-order chi connectivity index (χ0) is 16.4. The third kappa shape index (κ3) is 3.22. The van der Waals surface area contributed by atoms with Crippen LogP contribution in [0.2, 0.25) is 0 Å². The number of amides is 1. The maximum absolute atomic E-state index is 12.6. The Kier molecular flexibility index (Phi) is 4.41. The highest BCUT2D eigenvalue weighted by atomic mass is 16.6. The van der Waals surface area contributed by atoms with Crippen LogP contribution in [0.1, 0.15) is 22.8 Å².